The van der Waals surface area contributed by atoms with Gasteiger partial charge in [-0.15, -0.1) is 0 Å². The average Bonchev–Trinajstić information content (AvgIpc) is 2.19. The molecule has 0 aliphatic heterocycles. The Kier molecular flexibility index (Phi) is 4.53. The van der Waals surface area contributed by atoms with E-state index >= 15 is 0 Å². The summed E-state index contributed by atoms with van der Waals surface area (Å²) < 4.78 is 39.9. The highest BCUT2D eigenvalue weighted by Crippen LogP contribution is 2.23. The highest BCUT2D eigenvalue weighted by Gasteiger charge is 2.21. The van der Waals surface area contributed by atoms with Gasteiger partial charge in [-0.25, -0.2) is 17.5 Å². The van der Waals surface area contributed by atoms with E-state index in [4.69, 9.17) is 5.73 Å². The van der Waals surface area contributed by atoms with Crippen molar-refractivity contribution in [3.63, 3.8) is 0 Å². The van der Waals surface area contributed by atoms with Gasteiger partial charge in [0.25, 0.3) is 0 Å². The van der Waals surface area contributed by atoms with Crippen LogP contribution >= 0.6 is 15.9 Å². The molecule has 1 aromatic carbocycles. The van der Waals surface area contributed by atoms with E-state index in [2.05, 4.69) is 20.7 Å². The molecule has 0 spiro atoms. The molecular weight excluding hydrogens is 323 g/mol. The SMILES string of the molecule is Cc1cc(F)c(Br)cc1S(=O)(=O)NCC(C)(C)N. The molecule has 1 aromatic rings. The third kappa shape index (κ3) is 4.01. The average molecular weight is 339 g/mol. The van der Waals surface area contributed by atoms with Crippen LogP contribution in [0.5, 0.6) is 0 Å². The van der Waals surface area contributed by atoms with Gasteiger partial charge in [0.05, 0.1) is 9.37 Å². The normalized spacial score (nSPS) is 12.8. The van der Waals surface area contributed by atoms with Crippen LogP contribution in [0.2, 0.25) is 0 Å². The van der Waals surface area contributed by atoms with E-state index in [0.717, 1.165) is 0 Å². The maximum atomic E-state index is 13.2. The first-order valence-electron chi connectivity index (χ1n) is 5.27. The smallest absolute Gasteiger partial charge is 0.240 e. The van der Waals surface area contributed by atoms with Crippen molar-refractivity contribution >= 4 is 26.0 Å². The van der Waals surface area contributed by atoms with Gasteiger partial charge in [-0.1, -0.05) is 0 Å². The summed E-state index contributed by atoms with van der Waals surface area (Å²) in [7, 11) is -3.69. The predicted molar refractivity (Wildman–Crippen MR) is 72.3 cm³/mol. The lowest BCUT2D eigenvalue weighted by Crippen LogP contribution is -2.45. The van der Waals surface area contributed by atoms with Gasteiger partial charge in [0.15, 0.2) is 0 Å². The van der Waals surface area contributed by atoms with Crippen LogP contribution in [0.15, 0.2) is 21.5 Å². The Morgan fingerprint density at radius 1 is 1.44 bits per heavy atom. The Hall–Kier alpha value is -0.500. The minimum Gasteiger partial charge on any atom is -0.324 e. The zero-order valence-electron chi connectivity index (χ0n) is 10.4. The molecule has 0 heterocycles. The van der Waals surface area contributed by atoms with Crippen LogP contribution in [-0.2, 0) is 10.0 Å². The molecule has 7 heteroatoms. The molecular formula is C11H16BrFN2O2S. The zero-order chi connectivity index (χ0) is 14.1. The number of hydrogen-bond donors (Lipinski definition) is 2. The molecule has 0 aliphatic rings. The summed E-state index contributed by atoms with van der Waals surface area (Å²) in [5.74, 6) is -0.495. The molecule has 0 bridgehead atoms. The number of benzene rings is 1. The summed E-state index contributed by atoms with van der Waals surface area (Å²) >= 11 is 2.97. The number of hydrogen-bond acceptors (Lipinski definition) is 3. The highest BCUT2D eigenvalue weighted by atomic mass is 79.9. The van der Waals surface area contributed by atoms with Crippen LogP contribution in [0.25, 0.3) is 0 Å². The van der Waals surface area contributed by atoms with E-state index < -0.39 is 21.4 Å². The molecule has 0 amide bonds. The Labute approximate surface area is 115 Å². The molecule has 0 unspecified atom stereocenters. The molecule has 18 heavy (non-hydrogen) atoms. The van der Waals surface area contributed by atoms with Gasteiger partial charge in [0.1, 0.15) is 5.82 Å². The lowest BCUT2D eigenvalue weighted by Gasteiger charge is -2.19. The van der Waals surface area contributed by atoms with E-state index in [1.54, 1.807) is 13.8 Å². The maximum Gasteiger partial charge on any atom is 0.240 e. The first kappa shape index (κ1) is 15.6. The van der Waals surface area contributed by atoms with Crippen molar-refractivity contribution in [2.75, 3.05) is 6.54 Å². The van der Waals surface area contributed by atoms with Crippen LogP contribution in [0.3, 0.4) is 0 Å². The lowest BCUT2D eigenvalue weighted by molar-refractivity contribution is 0.497. The van der Waals surface area contributed by atoms with Crippen molar-refractivity contribution in [2.24, 2.45) is 5.73 Å². The third-order valence-corrected chi connectivity index (χ3v) is 4.38. The molecule has 102 valence electrons. The molecule has 0 atom stereocenters. The summed E-state index contributed by atoms with van der Waals surface area (Å²) in [5, 5.41) is 0. The monoisotopic (exact) mass is 338 g/mol. The molecule has 1 rings (SSSR count). The second-order valence-corrected chi connectivity index (χ2v) is 7.43. The largest absolute Gasteiger partial charge is 0.324 e. The first-order valence-corrected chi connectivity index (χ1v) is 7.55. The van der Waals surface area contributed by atoms with Crippen molar-refractivity contribution in [1.29, 1.82) is 0 Å². The first-order chi connectivity index (χ1) is 8.03. The molecule has 0 saturated carbocycles. The van der Waals surface area contributed by atoms with Crippen molar-refractivity contribution in [3.8, 4) is 0 Å². The quantitative estimate of drug-likeness (QED) is 0.880. The number of nitrogens with two attached hydrogens (primary N) is 1. The van der Waals surface area contributed by atoms with Gasteiger partial charge in [-0.05, 0) is 54.4 Å². The van der Waals surface area contributed by atoms with E-state index in [-0.39, 0.29) is 15.9 Å². The Balaban J connectivity index is 3.10. The molecule has 4 nitrogen and oxygen atoms in total. The maximum absolute atomic E-state index is 13.2. The fourth-order valence-electron chi connectivity index (χ4n) is 1.28. The zero-order valence-corrected chi connectivity index (χ0v) is 12.8. The van der Waals surface area contributed by atoms with E-state index in [9.17, 15) is 12.8 Å². The molecule has 0 aromatic heterocycles. The van der Waals surface area contributed by atoms with Gasteiger partial charge in [-0.2, -0.15) is 0 Å². The van der Waals surface area contributed by atoms with Crippen LogP contribution in [0.1, 0.15) is 19.4 Å². The Bertz CT molecular complexity index is 553. The summed E-state index contributed by atoms with van der Waals surface area (Å²) in [6, 6.07) is 2.42. The van der Waals surface area contributed by atoms with Crippen LogP contribution in [0, 0.1) is 12.7 Å². The highest BCUT2D eigenvalue weighted by molar-refractivity contribution is 9.10. The number of aryl methyl sites for hydroxylation is 1. The van der Waals surface area contributed by atoms with Gasteiger partial charge >= 0.3 is 0 Å². The van der Waals surface area contributed by atoms with Crippen molar-refractivity contribution < 1.29 is 12.8 Å². The predicted octanol–water partition coefficient (Wildman–Crippen LogP) is 1.91. The fraction of sp³-hybridized carbons (Fsp3) is 0.455. The van der Waals surface area contributed by atoms with Crippen molar-refractivity contribution in [2.45, 2.75) is 31.2 Å². The van der Waals surface area contributed by atoms with Gasteiger partial charge in [0, 0.05) is 12.1 Å². The lowest BCUT2D eigenvalue weighted by atomic mass is 10.1. The standard InChI is InChI=1S/C11H16BrFN2O2S/c1-7-4-9(13)8(12)5-10(7)18(16,17)15-6-11(2,3)14/h4-5,15H,6,14H2,1-3H3. The number of rotatable bonds is 4. The third-order valence-electron chi connectivity index (χ3n) is 2.23. The molecule has 0 radical (unpaired) electrons. The second kappa shape index (κ2) is 5.24. The summed E-state index contributed by atoms with van der Waals surface area (Å²) in [5.41, 5.74) is 5.41. The summed E-state index contributed by atoms with van der Waals surface area (Å²) in [4.78, 5) is 0.0417. The van der Waals surface area contributed by atoms with Crippen LogP contribution in [-0.4, -0.2) is 20.5 Å². The van der Waals surface area contributed by atoms with E-state index in [1.807, 2.05) is 0 Å². The number of nitrogens with one attached hydrogen (secondary N) is 1. The molecule has 3 N–H and O–H groups in total. The van der Waals surface area contributed by atoms with Crippen LogP contribution in [0.4, 0.5) is 4.39 Å². The molecule has 0 saturated heterocycles. The number of halogens is 2. The fourth-order valence-corrected chi connectivity index (χ4v) is 3.24. The summed E-state index contributed by atoms with van der Waals surface area (Å²) in [6.45, 7) is 5.06. The van der Waals surface area contributed by atoms with E-state index in [0.29, 0.717) is 5.56 Å². The van der Waals surface area contributed by atoms with Gasteiger partial charge < -0.3 is 5.73 Å². The molecule has 0 aliphatic carbocycles. The molecule has 0 fully saturated rings. The van der Waals surface area contributed by atoms with E-state index in [1.165, 1.54) is 19.1 Å². The second-order valence-electron chi connectivity index (χ2n) is 4.84. The minimum absolute atomic E-state index is 0.0417. The van der Waals surface area contributed by atoms with Crippen molar-refractivity contribution in [1.82, 2.24) is 4.72 Å². The van der Waals surface area contributed by atoms with Gasteiger partial charge in [-0.3, -0.25) is 0 Å². The van der Waals surface area contributed by atoms with Crippen LogP contribution < -0.4 is 10.5 Å². The van der Waals surface area contributed by atoms with Gasteiger partial charge in [0.2, 0.25) is 10.0 Å². The Morgan fingerprint density at radius 2 is 2.00 bits per heavy atom. The Morgan fingerprint density at radius 3 is 2.50 bits per heavy atom. The minimum atomic E-state index is -3.69. The van der Waals surface area contributed by atoms with Crippen molar-refractivity contribution in [3.05, 3.63) is 28.0 Å². The summed E-state index contributed by atoms with van der Waals surface area (Å²) in [6.07, 6.45) is 0. The topological polar surface area (TPSA) is 72.2 Å². The number of sulfonamides is 1.